The van der Waals surface area contributed by atoms with Crippen molar-refractivity contribution in [3.8, 4) is 0 Å². The molecule has 1 aromatic carbocycles. The Kier molecular flexibility index (Phi) is 8.14. The van der Waals surface area contributed by atoms with E-state index >= 15 is 0 Å². The van der Waals surface area contributed by atoms with Gasteiger partial charge in [0.2, 0.25) is 5.91 Å². The van der Waals surface area contributed by atoms with Gasteiger partial charge in [0.25, 0.3) is 0 Å². The molecule has 0 saturated heterocycles. The number of urea groups is 1. The van der Waals surface area contributed by atoms with Gasteiger partial charge in [0.15, 0.2) is 0 Å². The minimum Gasteiger partial charge on any atom is -0.349 e. The van der Waals surface area contributed by atoms with Crippen molar-refractivity contribution in [2.24, 2.45) is 5.41 Å². The van der Waals surface area contributed by atoms with E-state index in [4.69, 9.17) is 0 Å². The van der Waals surface area contributed by atoms with Gasteiger partial charge in [0.1, 0.15) is 0 Å². The molecule has 1 aliphatic rings. The molecule has 2 rings (SSSR count). The molecule has 0 bridgehead atoms. The number of nitrogens with one attached hydrogen (secondary N) is 3. The molecule has 3 amide bonds. The standard InChI is InChI=1S/C22H35N3O2/c1-22(2,3)20(17-11-6-4-7-12-17)25-19(26)15-10-16-23-21(27)24-18-13-8-5-9-14-18/h4,6-7,11-12,18,20H,5,8-10,13-16H2,1-3H3,(H,25,26)(H2,23,24,27). The lowest BCUT2D eigenvalue weighted by molar-refractivity contribution is -0.122. The van der Waals surface area contributed by atoms with Gasteiger partial charge < -0.3 is 16.0 Å². The molecule has 3 N–H and O–H groups in total. The average molecular weight is 374 g/mol. The third-order valence-corrected chi connectivity index (χ3v) is 5.11. The SMILES string of the molecule is CC(C)(C)C(NC(=O)CCCNC(=O)NC1CCCCC1)c1ccccc1. The second-order valence-corrected chi connectivity index (χ2v) is 8.62. The first-order valence-electron chi connectivity index (χ1n) is 10.2. The summed E-state index contributed by atoms with van der Waals surface area (Å²) >= 11 is 0. The van der Waals surface area contributed by atoms with E-state index in [1.54, 1.807) is 0 Å². The highest BCUT2D eigenvalue weighted by atomic mass is 16.2. The summed E-state index contributed by atoms with van der Waals surface area (Å²) in [5.41, 5.74) is 1.04. The van der Waals surface area contributed by atoms with Crippen LogP contribution < -0.4 is 16.0 Å². The van der Waals surface area contributed by atoms with Gasteiger partial charge in [-0.1, -0.05) is 70.4 Å². The Bertz CT molecular complexity index is 589. The molecule has 5 heteroatoms. The van der Waals surface area contributed by atoms with Crippen molar-refractivity contribution in [3.63, 3.8) is 0 Å². The number of carbonyl (C=O) groups is 2. The summed E-state index contributed by atoms with van der Waals surface area (Å²) in [6, 6.07) is 10.2. The largest absolute Gasteiger partial charge is 0.349 e. The van der Waals surface area contributed by atoms with E-state index in [1.165, 1.54) is 19.3 Å². The second kappa shape index (κ2) is 10.3. The highest BCUT2D eigenvalue weighted by Crippen LogP contribution is 2.32. The fraction of sp³-hybridized carbons (Fsp3) is 0.636. The predicted octanol–water partition coefficient (Wildman–Crippen LogP) is 4.30. The van der Waals surface area contributed by atoms with Crippen molar-refractivity contribution in [1.29, 1.82) is 0 Å². The summed E-state index contributed by atoms with van der Waals surface area (Å²) in [5.74, 6) is 0.0215. The minimum atomic E-state index is -0.112. The molecule has 150 valence electrons. The van der Waals surface area contributed by atoms with Gasteiger partial charge in [-0.2, -0.15) is 0 Å². The summed E-state index contributed by atoms with van der Waals surface area (Å²) in [4.78, 5) is 24.3. The van der Waals surface area contributed by atoms with Crippen LogP contribution in [-0.2, 0) is 4.79 Å². The Hall–Kier alpha value is -2.04. The van der Waals surface area contributed by atoms with Gasteiger partial charge in [0.05, 0.1) is 6.04 Å². The van der Waals surface area contributed by atoms with Crippen molar-refractivity contribution in [2.75, 3.05) is 6.54 Å². The highest BCUT2D eigenvalue weighted by molar-refractivity contribution is 5.77. The lowest BCUT2D eigenvalue weighted by Gasteiger charge is -2.32. The van der Waals surface area contributed by atoms with Gasteiger partial charge in [-0.25, -0.2) is 4.79 Å². The Labute approximate surface area is 163 Å². The molecule has 0 aliphatic heterocycles. The topological polar surface area (TPSA) is 70.2 Å². The maximum atomic E-state index is 12.4. The summed E-state index contributed by atoms with van der Waals surface area (Å²) in [6.07, 6.45) is 6.85. The van der Waals surface area contributed by atoms with Crippen LogP contribution in [0.25, 0.3) is 0 Å². The van der Waals surface area contributed by atoms with E-state index in [9.17, 15) is 9.59 Å². The number of hydrogen-bond donors (Lipinski definition) is 3. The Morgan fingerprint density at radius 3 is 2.37 bits per heavy atom. The summed E-state index contributed by atoms with van der Waals surface area (Å²) < 4.78 is 0. The molecule has 1 aromatic rings. The number of amides is 3. The first-order valence-corrected chi connectivity index (χ1v) is 10.2. The second-order valence-electron chi connectivity index (χ2n) is 8.62. The van der Waals surface area contributed by atoms with E-state index in [0.29, 0.717) is 25.4 Å². The van der Waals surface area contributed by atoms with E-state index in [0.717, 1.165) is 18.4 Å². The Balaban J connectivity index is 1.70. The lowest BCUT2D eigenvalue weighted by Crippen LogP contribution is -2.43. The zero-order chi connectivity index (χ0) is 19.7. The normalized spacial score (nSPS) is 16.4. The average Bonchev–Trinajstić information content (AvgIpc) is 2.64. The van der Waals surface area contributed by atoms with Crippen molar-refractivity contribution in [2.45, 2.75) is 77.8 Å². The summed E-state index contributed by atoms with van der Waals surface area (Å²) in [6.45, 7) is 6.89. The lowest BCUT2D eigenvalue weighted by atomic mass is 9.82. The number of rotatable bonds is 7. The van der Waals surface area contributed by atoms with Gasteiger partial charge >= 0.3 is 6.03 Å². The first-order chi connectivity index (χ1) is 12.9. The molecule has 0 aromatic heterocycles. The Morgan fingerprint density at radius 1 is 1.07 bits per heavy atom. The van der Waals surface area contributed by atoms with Crippen molar-refractivity contribution in [1.82, 2.24) is 16.0 Å². The number of hydrogen-bond acceptors (Lipinski definition) is 2. The van der Waals surface area contributed by atoms with Crippen LogP contribution in [0.1, 0.15) is 77.3 Å². The maximum absolute atomic E-state index is 12.4. The summed E-state index contributed by atoms with van der Waals surface area (Å²) in [7, 11) is 0. The molecule has 1 aliphatic carbocycles. The van der Waals surface area contributed by atoms with Crippen LogP contribution in [-0.4, -0.2) is 24.5 Å². The van der Waals surface area contributed by atoms with Crippen LogP contribution in [0, 0.1) is 5.41 Å². The zero-order valence-corrected chi connectivity index (χ0v) is 17.0. The fourth-order valence-corrected chi connectivity index (χ4v) is 3.61. The highest BCUT2D eigenvalue weighted by Gasteiger charge is 2.27. The smallest absolute Gasteiger partial charge is 0.315 e. The molecular weight excluding hydrogens is 338 g/mol. The van der Waals surface area contributed by atoms with Crippen LogP contribution in [0.2, 0.25) is 0 Å². The van der Waals surface area contributed by atoms with Gasteiger partial charge in [0, 0.05) is 19.0 Å². The molecule has 0 radical (unpaired) electrons. The monoisotopic (exact) mass is 373 g/mol. The minimum absolute atomic E-state index is 0.0215. The van der Waals surface area contributed by atoms with Crippen molar-refractivity contribution < 1.29 is 9.59 Å². The van der Waals surface area contributed by atoms with E-state index < -0.39 is 0 Å². The molecular formula is C22H35N3O2. The quantitative estimate of drug-likeness (QED) is 0.624. The molecule has 0 spiro atoms. The fourth-order valence-electron chi connectivity index (χ4n) is 3.61. The molecule has 27 heavy (non-hydrogen) atoms. The number of benzene rings is 1. The molecule has 1 fully saturated rings. The van der Waals surface area contributed by atoms with Crippen LogP contribution in [0.5, 0.6) is 0 Å². The maximum Gasteiger partial charge on any atom is 0.315 e. The van der Waals surface area contributed by atoms with Crippen LogP contribution in [0.4, 0.5) is 4.79 Å². The van der Waals surface area contributed by atoms with Crippen molar-refractivity contribution >= 4 is 11.9 Å². The van der Waals surface area contributed by atoms with E-state index in [1.807, 2.05) is 30.3 Å². The van der Waals surface area contributed by atoms with Crippen LogP contribution in [0.15, 0.2) is 30.3 Å². The third-order valence-electron chi connectivity index (χ3n) is 5.11. The van der Waals surface area contributed by atoms with Crippen molar-refractivity contribution in [3.05, 3.63) is 35.9 Å². The van der Waals surface area contributed by atoms with Crippen LogP contribution >= 0.6 is 0 Å². The van der Waals surface area contributed by atoms with Gasteiger partial charge in [-0.15, -0.1) is 0 Å². The van der Waals surface area contributed by atoms with E-state index in [2.05, 4.69) is 36.7 Å². The molecule has 0 heterocycles. The van der Waals surface area contributed by atoms with Gasteiger partial charge in [-0.05, 0) is 30.2 Å². The van der Waals surface area contributed by atoms with Crippen LogP contribution in [0.3, 0.4) is 0 Å². The number of carbonyl (C=O) groups excluding carboxylic acids is 2. The molecule has 1 saturated carbocycles. The Morgan fingerprint density at radius 2 is 1.74 bits per heavy atom. The van der Waals surface area contributed by atoms with Gasteiger partial charge in [-0.3, -0.25) is 4.79 Å². The first kappa shape index (κ1) is 21.3. The molecule has 5 nitrogen and oxygen atoms in total. The summed E-state index contributed by atoms with van der Waals surface area (Å²) in [5, 5.41) is 9.06. The molecule has 1 unspecified atom stereocenters. The zero-order valence-electron chi connectivity index (χ0n) is 17.0. The third kappa shape index (κ3) is 7.61. The van der Waals surface area contributed by atoms with E-state index in [-0.39, 0.29) is 23.4 Å². The molecule has 1 atom stereocenters. The predicted molar refractivity (Wildman–Crippen MR) is 109 cm³/mol.